The van der Waals surface area contributed by atoms with Gasteiger partial charge in [-0.05, 0) is 92.2 Å². The zero-order valence-electron chi connectivity index (χ0n) is 20.4. The predicted molar refractivity (Wildman–Crippen MR) is 129 cm³/mol. The van der Waals surface area contributed by atoms with Gasteiger partial charge < -0.3 is 28.7 Å². The van der Waals surface area contributed by atoms with E-state index in [4.69, 9.17) is 18.9 Å². The number of aryl methyl sites for hydroxylation is 1. The van der Waals surface area contributed by atoms with Crippen molar-refractivity contribution >= 4 is 5.91 Å². The molecule has 0 N–H and O–H groups in total. The summed E-state index contributed by atoms with van der Waals surface area (Å²) in [6.07, 6.45) is 5.46. The molecular formula is C27H34N2O5. The summed E-state index contributed by atoms with van der Waals surface area (Å²) in [6.45, 7) is 2.78. The average molecular weight is 467 g/mol. The minimum atomic E-state index is 0.202. The maximum absolute atomic E-state index is 12.9. The van der Waals surface area contributed by atoms with Crippen LogP contribution in [0.15, 0.2) is 24.3 Å². The van der Waals surface area contributed by atoms with Gasteiger partial charge in [-0.3, -0.25) is 4.79 Å². The summed E-state index contributed by atoms with van der Waals surface area (Å²) in [5, 5.41) is 0. The maximum Gasteiger partial charge on any atom is 0.231 e. The van der Waals surface area contributed by atoms with E-state index >= 15 is 0 Å². The number of benzene rings is 2. The number of carbonyl (C=O) groups excluding carboxylic acids is 1. The summed E-state index contributed by atoms with van der Waals surface area (Å²) in [5.74, 6) is 3.36. The molecule has 0 aromatic heterocycles. The van der Waals surface area contributed by atoms with Crippen molar-refractivity contribution in [2.75, 3.05) is 47.7 Å². The highest BCUT2D eigenvalue weighted by molar-refractivity contribution is 5.80. The number of likely N-dealkylation sites (N-methyl/N-ethyl adjacent to an activating group) is 1. The molecule has 7 nitrogen and oxygen atoms in total. The highest BCUT2D eigenvalue weighted by Gasteiger charge is 2.26. The van der Waals surface area contributed by atoms with Gasteiger partial charge in [0.1, 0.15) is 0 Å². The van der Waals surface area contributed by atoms with Gasteiger partial charge in [-0.25, -0.2) is 0 Å². The van der Waals surface area contributed by atoms with Crippen molar-refractivity contribution in [2.45, 2.75) is 44.6 Å². The summed E-state index contributed by atoms with van der Waals surface area (Å²) >= 11 is 0. The third-order valence-electron chi connectivity index (χ3n) is 7.51. The van der Waals surface area contributed by atoms with Gasteiger partial charge in [-0.1, -0.05) is 0 Å². The molecule has 0 saturated carbocycles. The van der Waals surface area contributed by atoms with Crippen molar-refractivity contribution in [1.29, 1.82) is 0 Å². The molecule has 1 amide bonds. The minimum absolute atomic E-state index is 0.202. The lowest BCUT2D eigenvalue weighted by Crippen LogP contribution is -2.39. The van der Waals surface area contributed by atoms with Crippen molar-refractivity contribution in [3.05, 3.63) is 46.5 Å². The van der Waals surface area contributed by atoms with Crippen molar-refractivity contribution < 1.29 is 23.7 Å². The molecule has 0 saturated heterocycles. The third kappa shape index (κ3) is 4.53. The molecule has 5 rings (SSSR count). The summed E-state index contributed by atoms with van der Waals surface area (Å²) < 4.78 is 22.0. The molecule has 182 valence electrons. The van der Waals surface area contributed by atoms with Gasteiger partial charge in [0.05, 0.1) is 20.6 Å². The zero-order chi connectivity index (χ0) is 23.7. The topological polar surface area (TPSA) is 60.5 Å². The highest BCUT2D eigenvalue weighted by atomic mass is 16.7. The number of nitrogens with zero attached hydrogens (tertiary/aromatic N) is 2. The van der Waals surface area contributed by atoms with E-state index in [0.29, 0.717) is 12.5 Å². The van der Waals surface area contributed by atoms with E-state index in [-0.39, 0.29) is 12.7 Å². The smallest absolute Gasteiger partial charge is 0.231 e. The minimum Gasteiger partial charge on any atom is -0.493 e. The maximum atomic E-state index is 12.9. The fourth-order valence-electron chi connectivity index (χ4n) is 5.45. The Balaban J connectivity index is 1.14. The monoisotopic (exact) mass is 466 g/mol. The molecule has 0 bridgehead atoms. The summed E-state index contributed by atoms with van der Waals surface area (Å²) in [6, 6.07) is 8.79. The van der Waals surface area contributed by atoms with Gasteiger partial charge in [0.25, 0.3) is 0 Å². The van der Waals surface area contributed by atoms with Crippen LogP contribution in [0, 0.1) is 0 Å². The van der Waals surface area contributed by atoms with Crippen molar-refractivity contribution in [1.82, 2.24) is 9.80 Å². The molecule has 0 spiro atoms. The van der Waals surface area contributed by atoms with Gasteiger partial charge in [0.2, 0.25) is 12.7 Å². The Kier molecular flexibility index (Phi) is 6.55. The molecule has 0 fully saturated rings. The molecule has 3 aliphatic rings. The van der Waals surface area contributed by atoms with E-state index in [9.17, 15) is 4.79 Å². The quantitative estimate of drug-likeness (QED) is 0.625. The first-order chi connectivity index (χ1) is 16.6. The van der Waals surface area contributed by atoms with Crippen LogP contribution in [-0.4, -0.2) is 69.4 Å². The molecular weight excluding hydrogens is 432 g/mol. The van der Waals surface area contributed by atoms with E-state index in [1.54, 1.807) is 14.2 Å². The van der Waals surface area contributed by atoms with Crippen LogP contribution in [-0.2, 0) is 30.5 Å². The number of fused-ring (bicyclic) bond motifs is 3. The molecule has 7 heteroatoms. The lowest BCUT2D eigenvalue weighted by molar-refractivity contribution is -0.130. The van der Waals surface area contributed by atoms with Crippen LogP contribution in [0.25, 0.3) is 0 Å². The van der Waals surface area contributed by atoms with Gasteiger partial charge in [0.15, 0.2) is 23.0 Å². The third-order valence-corrected chi connectivity index (χ3v) is 7.51. The van der Waals surface area contributed by atoms with E-state index in [2.05, 4.69) is 24.1 Å². The molecule has 34 heavy (non-hydrogen) atoms. The normalized spacial score (nSPS) is 19.0. The number of methoxy groups -OCH3 is 2. The van der Waals surface area contributed by atoms with Crippen LogP contribution < -0.4 is 18.9 Å². The Morgan fingerprint density at radius 3 is 2.38 bits per heavy atom. The van der Waals surface area contributed by atoms with Crippen LogP contribution in [0.2, 0.25) is 0 Å². The van der Waals surface area contributed by atoms with Gasteiger partial charge >= 0.3 is 0 Å². The Morgan fingerprint density at radius 2 is 1.65 bits per heavy atom. The number of carbonyl (C=O) groups is 1. The zero-order valence-corrected chi connectivity index (χ0v) is 20.4. The van der Waals surface area contributed by atoms with Crippen LogP contribution in [0.1, 0.15) is 35.1 Å². The first-order valence-corrected chi connectivity index (χ1v) is 12.2. The molecule has 1 unspecified atom stereocenters. The van der Waals surface area contributed by atoms with Crippen LogP contribution in [0.5, 0.6) is 23.0 Å². The largest absolute Gasteiger partial charge is 0.493 e. The fraction of sp³-hybridized carbons (Fsp3) is 0.519. The molecule has 1 atom stereocenters. The first-order valence-electron chi connectivity index (χ1n) is 12.2. The van der Waals surface area contributed by atoms with Crippen molar-refractivity contribution in [3.8, 4) is 23.0 Å². The van der Waals surface area contributed by atoms with Gasteiger partial charge in [-0.2, -0.15) is 0 Å². The van der Waals surface area contributed by atoms with Crippen molar-refractivity contribution in [3.63, 3.8) is 0 Å². The predicted octanol–water partition coefficient (Wildman–Crippen LogP) is 3.24. The first kappa shape index (κ1) is 22.8. The highest BCUT2D eigenvalue weighted by Crippen LogP contribution is 2.37. The van der Waals surface area contributed by atoms with E-state index in [0.717, 1.165) is 80.3 Å². The summed E-state index contributed by atoms with van der Waals surface area (Å²) in [4.78, 5) is 17.4. The number of hydrogen-bond acceptors (Lipinski definition) is 6. The van der Waals surface area contributed by atoms with E-state index in [1.807, 2.05) is 17.0 Å². The summed E-state index contributed by atoms with van der Waals surface area (Å²) in [5.41, 5.74) is 4.98. The molecule has 2 aromatic carbocycles. The number of hydrogen-bond donors (Lipinski definition) is 0. The fourth-order valence-corrected chi connectivity index (χ4v) is 5.45. The second-order valence-corrected chi connectivity index (χ2v) is 9.49. The molecule has 2 aromatic rings. The lowest BCUT2D eigenvalue weighted by atomic mass is 9.87. The SMILES string of the molecule is COc1cc2c(cc1OC)CC(N(C)CCCN1CCc3cc4c(cc3CC1=O)OCO4)CC2. The summed E-state index contributed by atoms with van der Waals surface area (Å²) in [7, 11) is 5.58. The van der Waals surface area contributed by atoms with E-state index < -0.39 is 0 Å². The second kappa shape index (κ2) is 9.74. The Morgan fingerprint density at radius 1 is 0.971 bits per heavy atom. The van der Waals surface area contributed by atoms with Crippen molar-refractivity contribution in [2.24, 2.45) is 0 Å². The average Bonchev–Trinajstić information content (AvgIpc) is 3.25. The van der Waals surface area contributed by atoms with Crippen LogP contribution in [0.3, 0.4) is 0 Å². The van der Waals surface area contributed by atoms with E-state index in [1.165, 1.54) is 16.7 Å². The van der Waals surface area contributed by atoms with Gasteiger partial charge in [-0.15, -0.1) is 0 Å². The number of ether oxygens (including phenoxy) is 4. The van der Waals surface area contributed by atoms with Crippen LogP contribution in [0.4, 0.5) is 0 Å². The number of rotatable bonds is 7. The Bertz CT molecular complexity index is 1070. The molecule has 2 aliphatic heterocycles. The molecule has 2 heterocycles. The number of amides is 1. The Hall–Kier alpha value is -2.93. The van der Waals surface area contributed by atoms with Gasteiger partial charge in [0, 0.05) is 19.1 Å². The second-order valence-electron chi connectivity index (χ2n) is 9.49. The van der Waals surface area contributed by atoms with Crippen LogP contribution >= 0.6 is 0 Å². The Labute approximate surface area is 201 Å². The molecule has 0 radical (unpaired) electrons. The lowest BCUT2D eigenvalue weighted by Gasteiger charge is -2.33. The standard InChI is InChI=1S/C27H34N2O5/c1-28(22-6-5-18-12-23(31-2)24(32-3)14-20(18)11-22)8-4-9-29-10-7-19-13-25-26(34-17-33-25)15-21(19)16-27(29)30/h12-15,22H,4-11,16-17H2,1-3H3. The molecule has 1 aliphatic carbocycles.